The Labute approximate surface area is 192 Å². The first-order valence-corrected chi connectivity index (χ1v) is 10.5. The number of carbonyl (C=O) groups is 3. The van der Waals surface area contributed by atoms with Gasteiger partial charge in [-0.25, -0.2) is 4.79 Å². The van der Waals surface area contributed by atoms with E-state index < -0.39 is 17.9 Å². The number of hydrogen-bond donors (Lipinski definition) is 2. The number of methoxy groups -OCH3 is 1. The molecule has 0 saturated heterocycles. The van der Waals surface area contributed by atoms with Gasteiger partial charge < -0.3 is 20.1 Å². The molecule has 33 heavy (non-hydrogen) atoms. The molecule has 0 spiro atoms. The lowest BCUT2D eigenvalue weighted by Gasteiger charge is -2.17. The lowest BCUT2D eigenvalue weighted by atomic mass is 10.1. The van der Waals surface area contributed by atoms with E-state index in [1.165, 1.54) is 7.11 Å². The van der Waals surface area contributed by atoms with E-state index in [1.807, 2.05) is 54.6 Å². The molecule has 0 bridgehead atoms. The summed E-state index contributed by atoms with van der Waals surface area (Å²) >= 11 is 0. The SMILES string of the molecule is COC(=O)[C@@H](Cc1cccc(OCc2ccccc2)c1)NC(=O)CNC(=O)c1ccccc1. The van der Waals surface area contributed by atoms with Crippen LogP contribution in [0.1, 0.15) is 21.5 Å². The van der Waals surface area contributed by atoms with Gasteiger partial charge in [0.15, 0.2) is 0 Å². The lowest BCUT2D eigenvalue weighted by Crippen LogP contribution is -2.47. The monoisotopic (exact) mass is 446 g/mol. The van der Waals surface area contributed by atoms with E-state index in [4.69, 9.17) is 9.47 Å². The van der Waals surface area contributed by atoms with Crippen molar-refractivity contribution in [2.75, 3.05) is 13.7 Å². The zero-order chi connectivity index (χ0) is 23.5. The van der Waals surface area contributed by atoms with Crippen molar-refractivity contribution < 1.29 is 23.9 Å². The van der Waals surface area contributed by atoms with Crippen LogP contribution in [0.25, 0.3) is 0 Å². The summed E-state index contributed by atoms with van der Waals surface area (Å²) in [5.41, 5.74) is 2.28. The second-order valence-electron chi connectivity index (χ2n) is 7.32. The molecule has 3 aromatic rings. The first kappa shape index (κ1) is 23.5. The van der Waals surface area contributed by atoms with Crippen molar-refractivity contribution in [3.63, 3.8) is 0 Å². The van der Waals surface area contributed by atoms with Crippen LogP contribution in [0.3, 0.4) is 0 Å². The number of benzene rings is 3. The van der Waals surface area contributed by atoms with Crippen molar-refractivity contribution in [3.8, 4) is 5.75 Å². The van der Waals surface area contributed by atoms with Gasteiger partial charge in [-0.1, -0.05) is 60.7 Å². The standard InChI is InChI=1S/C26H26N2O5/c1-32-26(31)23(28-24(29)17-27-25(30)21-12-6-3-7-13-21)16-20-11-8-14-22(15-20)33-18-19-9-4-2-5-10-19/h2-15,23H,16-18H2,1H3,(H,27,30)(H,28,29)/t23-/m1/s1. The quantitative estimate of drug-likeness (QED) is 0.467. The molecule has 0 heterocycles. The predicted molar refractivity (Wildman–Crippen MR) is 124 cm³/mol. The Morgan fingerprint density at radius 2 is 1.52 bits per heavy atom. The summed E-state index contributed by atoms with van der Waals surface area (Å²) in [7, 11) is 1.26. The first-order valence-electron chi connectivity index (χ1n) is 10.5. The second kappa shape index (κ2) is 12.0. The average molecular weight is 447 g/mol. The highest BCUT2D eigenvalue weighted by molar-refractivity contribution is 5.96. The topological polar surface area (TPSA) is 93.7 Å². The summed E-state index contributed by atoms with van der Waals surface area (Å²) in [5, 5.41) is 5.17. The molecule has 3 rings (SSSR count). The molecule has 0 unspecified atom stereocenters. The number of rotatable bonds is 10. The molecule has 3 aromatic carbocycles. The van der Waals surface area contributed by atoms with Gasteiger partial charge in [0.1, 0.15) is 18.4 Å². The minimum absolute atomic E-state index is 0.216. The Hall–Kier alpha value is -4.13. The van der Waals surface area contributed by atoms with Crippen LogP contribution in [-0.4, -0.2) is 37.5 Å². The van der Waals surface area contributed by atoms with Crippen LogP contribution in [0.15, 0.2) is 84.9 Å². The van der Waals surface area contributed by atoms with Crippen LogP contribution < -0.4 is 15.4 Å². The number of ether oxygens (including phenoxy) is 2. The van der Waals surface area contributed by atoms with Crippen molar-refractivity contribution in [2.24, 2.45) is 0 Å². The van der Waals surface area contributed by atoms with Gasteiger partial charge in [-0.2, -0.15) is 0 Å². The molecular formula is C26H26N2O5. The summed E-state index contributed by atoms with van der Waals surface area (Å²) in [6, 6.07) is 24.8. The van der Waals surface area contributed by atoms with Crippen molar-refractivity contribution in [1.82, 2.24) is 10.6 Å². The fourth-order valence-electron chi connectivity index (χ4n) is 3.17. The molecule has 0 aliphatic rings. The third-order valence-corrected chi connectivity index (χ3v) is 4.85. The minimum atomic E-state index is -0.902. The van der Waals surface area contributed by atoms with Gasteiger partial charge in [-0.3, -0.25) is 9.59 Å². The Morgan fingerprint density at radius 1 is 0.848 bits per heavy atom. The Balaban J connectivity index is 1.57. The Bertz CT molecular complexity index is 1070. The fourth-order valence-corrected chi connectivity index (χ4v) is 3.17. The van der Waals surface area contributed by atoms with Crippen LogP contribution in [0, 0.1) is 0 Å². The van der Waals surface area contributed by atoms with Gasteiger partial charge in [0, 0.05) is 12.0 Å². The molecule has 2 amide bonds. The van der Waals surface area contributed by atoms with Gasteiger partial charge in [-0.15, -0.1) is 0 Å². The van der Waals surface area contributed by atoms with E-state index in [0.29, 0.717) is 17.9 Å². The van der Waals surface area contributed by atoms with Crippen LogP contribution in [0.2, 0.25) is 0 Å². The molecule has 0 fully saturated rings. The molecular weight excluding hydrogens is 420 g/mol. The van der Waals surface area contributed by atoms with Gasteiger partial charge in [0.25, 0.3) is 5.91 Å². The fraction of sp³-hybridized carbons (Fsp3) is 0.192. The van der Waals surface area contributed by atoms with Crippen molar-refractivity contribution in [2.45, 2.75) is 19.1 Å². The molecule has 0 aliphatic heterocycles. The molecule has 2 N–H and O–H groups in total. The zero-order valence-electron chi connectivity index (χ0n) is 18.3. The first-order chi connectivity index (χ1) is 16.0. The van der Waals surface area contributed by atoms with E-state index in [2.05, 4.69) is 10.6 Å². The Morgan fingerprint density at radius 3 is 2.21 bits per heavy atom. The van der Waals surface area contributed by atoms with Crippen molar-refractivity contribution in [3.05, 3.63) is 102 Å². The number of nitrogens with one attached hydrogen (secondary N) is 2. The molecule has 170 valence electrons. The highest BCUT2D eigenvalue weighted by Gasteiger charge is 2.22. The number of hydrogen-bond acceptors (Lipinski definition) is 5. The summed E-state index contributed by atoms with van der Waals surface area (Å²) in [6.45, 7) is 0.157. The second-order valence-corrected chi connectivity index (χ2v) is 7.32. The van der Waals surface area contributed by atoms with Crippen LogP contribution in [0.5, 0.6) is 5.75 Å². The molecule has 0 aromatic heterocycles. The number of carbonyl (C=O) groups excluding carboxylic acids is 3. The van der Waals surface area contributed by atoms with Gasteiger partial charge in [0.2, 0.25) is 5.91 Å². The van der Waals surface area contributed by atoms with Crippen LogP contribution in [-0.2, 0) is 27.4 Å². The van der Waals surface area contributed by atoms with Gasteiger partial charge >= 0.3 is 5.97 Å². The van der Waals surface area contributed by atoms with E-state index in [9.17, 15) is 14.4 Å². The molecule has 0 aliphatic carbocycles. The van der Waals surface area contributed by atoms with Crippen molar-refractivity contribution >= 4 is 17.8 Å². The summed E-state index contributed by atoms with van der Waals surface area (Å²) < 4.78 is 10.7. The molecule has 1 atom stereocenters. The van der Waals surface area contributed by atoms with Crippen LogP contribution in [0.4, 0.5) is 0 Å². The van der Waals surface area contributed by atoms with E-state index >= 15 is 0 Å². The third-order valence-electron chi connectivity index (χ3n) is 4.85. The minimum Gasteiger partial charge on any atom is -0.489 e. The van der Waals surface area contributed by atoms with Crippen LogP contribution >= 0.6 is 0 Å². The summed E-state index contributed by atoms with van der Waals surface area (Å²) in [4.78, 5) is 36.7. The number of esters is 1. The van der Waals surface area contributed by atoms with Crippen molar-refractivity contribution in [1.29, 1.82) is 0 Å². The van der Waals surface area contributed by atoms with Gasteiger partial charge in [-0.05, 0) is 35.4 Å². The third kappa shape index (κ3) is 7.50. The molecule has 0 radical (unpaired) electrons. The smallest absolute Gasteiger partial charge is 0.328 e. The number of amides is 2. The largest absolute Gasteiger partial charge is 0.489 e. The molecule has 7 heteroatoms. The van der Waals surface area contributed by atoms with E-state index in [1.54, 1.807) is 30.3 Å². The molecule has 0 saturated carbocycles. The maximum Gasteiger partial charge on any atom is 0.328 e. The lowest BCUT2D eigenvalue weighted by molar-refractivity contribution is -0.144. The average Bonchev–Trinajstić information content (AvgIpc) is 2.86. The summed E-state index contributed by atoms with van der Waals surface area (Å²) in [5.74, 6) is -0.787. The zero-order valence-corrected chi connectivity index (χ0v) is 18.3. The normalized spacial score (nSPS) is 11.2. The highest BCUT2D eigenvalue weighted by Crippen LogP contribution is 2.17. The highest BCUT2D eigenvalue weighted by atomic mass is 16.5. The summed E-state index contributed by atoms with van der Waals surface area (Å²) in [6.07, 6.45) is 0.216. The van der Waals surface area contributed by atoms with E-state index in [-0.39, 0.29) is 18.9 Å². The Kier molecular flexibility index (Phi) is 8.59. The van der Waals surface area contributed by atoms with E-state index in [0.717, 1.165) is 11.1 Å². The molecule has 7 nitrogen and oxygen atoms in total. The van der Waals surface area contributed by atoms with Gasteiger partial charge in [0.05, 0.1) is 13.7 Å². The maximum atomic E-state index is 12.4. The predicted octanol–water partition coefficient (Wildman–Crippen LogP) is 2.90. The maximum absolute atomic E-state index is 12.4.